The lowest BCUT2D eigenvalue weighted by molar-refractivity contribution is 0.231. The summed E-state index contributed by atoms with van der Waals surface area (Å²) >= 11 is 0. The zero-order valence-corrected chi connectivity index (χ0v) is 11.1. The minimum Gasteiger partial charge on any atom is -0.353 e. The predicted octanol–water partition coefficient (Wildman–Crippen LogP) is 0.540. The lowest BCUT2D eigenvalue weighted by Crippen LogP contribution is -2.47. The van der Waals surface area contributed by atoms with E-state index in [1.165, 1.54) is 6.54 Å². The lowest BCUT2D eigenvalue weighted by Gasteiger charge is -2.36. The molecule has 100 valence electrons. The number of hydrazine groups is 1. The SMILES string of the molecule is CC(C)CN1CCN(c2cncc(NN)n2)CC1. The van der Waals surface area contributed by atoms with E-state index >= 15 is 0 Å². The zero-order valence-electron chi connectivity index (χ0n) is 11.1. The van der Waals surface area contributed by atoms with Gasteiger partial charge in [-0.1, -0.05) is 13.8 Å². The quantitative estimate of drug-likeness (QED) is 0.600. The summed E-state index contributed by atoms with van der Waals surface area (Å²) in [7, 11) is 0. The first-order valence-corrected chi connectivity index (χ1v) is 6.45. The molecule has 0 amide bonds. The maximum absolute atomic E-state index is 5.35. The fourth-order valence-electron chi connectivity index (χ4n) is 2.25. The van der Waals surface area contributed by atoms with E-state index in [1.54, 1.807) is 12.4 Å². The normalized spacial score (nSPS) is 17.2. The van der Waals surface area contributed by atoms with Crippen LogP contribution in [0.5, 0.6) is 0 Å². The Morgan fingerprint density at radius 3 is 2.61 bits per heavy atom. The van der Waals surface area contributed by atoms with Gasteiger partial charge in [-0.2, -0.15) is 0 Å². The summed E-state index contributed by atoms with van der Waals surface area (Å²) in [6.45, 7) is 9.84. The molecule has 0 spiro atoms. The van der Waals surface area contributed by atoms with Gasteiger partial charge in [0.25, 0.3) is 0 Å². The Morgan fingerprint density at radius 2 is 2.00 bits per heavy atom. The van der Waals surface area contributed by atoms with Crippen molar-refractivity contribution < 1.29 is 0 Å². The second kappa shape index (κ2) is 5.97. The molecule has 0 aromatic carbocycles. The molecule has 0 aliphatic carbocycles. The fraction of sp³-hybridized carbons (Fsp3) is 0.667. The second-order valence-electron chi connectivity index (χ2n) is 5.09. The monoisotopic (exact) mass is 250 g/mol. The van der Waals surface area contributed by atoms with E-state index in [0.717, 1.165) is 37.9 Å². The van der Waals surface area contributed by atoms with Gasteiger partial charge in [0, 0.05) is 32.7 Å². The van der Waals surface area contributed by atoms with Gasteiger partial charge in [0.15, 0.2) is 5.82 Å². The van der Waals surface area contributed by atoms with Crippen LogP contribution in [0.4, 0.5) is 11.6 Å². The molecule has 1 aliphatic heterocycles. The van der Waals surface area contributed by atoms with Crippen LogP contribution < -0.4 is 16.2 Å². The van der Waals surface area contributed by atoms with Gasteiger partial charge in [0.05, 0.1) is 12.4 Å². The van der Waals surface area contributed by atoms with Crippen LogP contribution in [0.2, 0.25) is 0 Å². The number of hydrogen-bond acceptors (Lipinski definition) is 6. The van der Waals surface area contributed by atoms with Crippen LogP contribution >= 0.6 is 0 Å². The Kier molecular flexibility index (Phi) is 4.33. The number of rotatable bonds is 4. The highest BCUT2D eigenvalue weighted by Gasteiger charge is 2.18. The maximum Gasteiger partial charge on any atom is 0.160 e. The van der Waals surface area contributed by atoms with Crippen molar-refractivity contribution in [2.75, 3.05) is 43.0 Å². The Balaban J connectivity index is 1.92. The summed E-state index contributed by atoms with van der Waals surface area (Å²) in [5.41, 5.74) is 2.53. The number of nitrogens with two attached hydrogens (primary N) is 1. The summed E-state index contributed by atoms with van der Waals surface area (Å²) < 4.78 is 0. The highest BCUT2D eigenvalue weighted by atomic mass is 15.3. The van der Waals surface area contributed by atoms with Crippen LogP contribution in [0.15, 0.2) is 12.4 Å². The highest BCUT2D eigenvalue weighted by molar-refractivity contribution is 5.43. The van der Waals surface area contributed by atoms with Crippen molar-refractivity contribution in [1.29, 1.82) is 0 Å². The number of nitrogens with zero attached hydrogens (tertiary/aromatic N) is 4. The van der Waals surface area contributed by atoms with E-state index in [2.05, 4.69) is 39.0 Å². The first kappa shape index (κ1) is 13.0. The van der Waals surface area contributed by atoms with Gasteiger partial charge in [0.2, 0.25) is 0 Å². The molecule has 2 heterocycles. The summed E-state index contributed by atoms with van der Waals surface area (Å²) in [5.74, 6) is 7.58. The predicted molar refractivity (Wildman–Crippen MR) is 73.3 cm³/mol. The van der Waals surface area contributed by atoms with Crippen molar-refractivity contribution in [3.8, 4) is 0 Å². The van der Waals surface area contributed by atoms with Crippen molar-refractivity contribution in [3.63, 3.8) is 0 Å². The third-order valence-electron chi connectivity index (χ3n) is 3.09. The van der Waals surface area contributed by atoms with E-state index in [-0.39, 0.29) is 0 Å². The molecule has 1 fully saturated rings. The third kappa shape index (κ3) is 3.30. The number of nitrogen functional groups attached to an aromatic ring is 1. The summed E-state index contributed by atoms with van der Waals surface area (Å²) in [5, 5.41) is 0. The van der Waals surface area contributed by atoms with Crippen molar-refractivity contribution >= 4 is 11.6 Å². The molecule has 3 N–H and O–H groups in total. The van der Waals surface area contributed by atoms with Gasteiger partial charge in [0.1, 0.15) is 5.82 Å². The molecule has 1 aromatic rings. The summed E-state index contributed by atoms with van der Waals surface area (Å²) in [6, 6.07) is 0. The van der Waals surface area contributed by atoms with Gasteiger partial charge in [-0.15, -0.1) is 0 Å². The van der Waals surface area contributed by atoms with Gasteiger partial charge < -0.3 is 10.3 Å². The Bertz CT molecular complexity index is 373. The van der Waals surface area contributed by atoms with Crippen LogP contribution in [-0.2, 0) is 0 Å². The second-order valence-corrected chi connectivity index (χ2v) is 5.09. The first-order valence-electron chi connectivity index (χ1n) is 6.45. The molecule has 0 bridgehead atoms. The maximum atomic E-state index is 5.35. The molecule has 2 rings (SSSR count). The molecule has 6 nitrogen and oxygen atoms in total. The smallest absolute Gasteiger partial charge is 0.160 e. The van der Waals surface area contributed by atoms with Crippen LogP contribution in [0.3, 0.4) is 0 Å². The van der Waals surface area contributed by atoms with Crippen molar-refractivity contribution in [2.45, 2.75) is 13.8 Å². The number of piperazine rings is 1. The summed E-state index contributed by atoms with van der Waals surface area (Å²) in [4.78, 5) is 13.3. The molecule has 1 aliphatic rings. The van der Waals surface area contributed by atoms with E-state index < -0.39 is 0 Å². The Morgan fingerprint density at radius 1 is 1.28 bits per heavy atom. The molecule has 0 atom stereocenters. The first-order chi connectivity index (χ1) is 8.69. The molecule has 1 aromatic heterocycles. The summed E-state index contributed by atoms with van der Waals surface area (Å²) in [6.07, 6.45) is 3.41. The van der Waals surface area contributed by atoms with Gasteiger partial charge in [-0.3, -0.25) is 9.88 Å². The van der Waals surface area contributed by atoms with Crippen LogP contribution in [-0.4, -0.2) is 47.6 Å². The largest absolute Gasteiger partial charge is 0.353 e. The fourth-order valence-corrected chi connectivity index (χ4v) is 2.25. The molecular weight excluding hydrogens is 228 g/mol. The number of aromatic nitrogens is 2. The van der Waals surface area contributed by atoms with Crippen molar-refractivity contribution in [3.05, 3.63) is 12.4 Å². The molecule has 0 saturated carbocycles. The minimum atomic E-state index is 0.608. The molecule has 6 heteroatoms. The average molecular weight is 250 g/mol. The van der Waals surface area contributed by atoms with E-state index in [9.17, 15) is 0 Å². The van der Waals surface area contributed by atoms with Crippen molar-refractivity contribution in [2.24, 2.45) is 11.8 Å². The molecular formula is C12H22N6. The number of anilines is 2. The van der Waals surface area contributed by atoms with Crippen LogP contribution in [0.1, 0.15) is 13.8 Å². The van der Waals surface area contributed by atoms with Crippen LogP contribution in [0, 0.1) is 5.92 Å². The average Bonchev–Trinajstić information content (AvgIpc) is 2.39. The molecule has 1 saturated heterocycles. The molecule has 0 radical (unpaired) electrons. The van der Waals surface area contributed by atoms with Crippen molar-refractivity contribution in [1.82, 2.24) is 14.9 Å². The third-order valence-corrected chi connectivity index (χ3v) is 3.09. The molecule has 18 heavy (non-hydrogen) atoms. The number of nitrogens with one attached hydrogen (secondary N) is 1. The van der Waals surface area contributed by atoms with Gasteiger partial charge >= 0.3 is 0 Å². The van der Waals surface area contributed by atoms with Gasteiger partial charge in [-0.05, 0) is 5.92 Å². The lowest BCUT2D eigenvalue weighted by atomic mass is 10.2. The van der Waals surface area contributed by atoms with E-state index in [0.29, 0.717) is 5.82 Å². The number of hydrogen-bond donors (Lipinski definition) is 2. The minimum absolute atomic E-state index is 0.608. The van der Waals surface area contributed by atoms with Gasteiger partial charge in [-0.25, -0.2) is 10.8 Å². The molecule has 0 unspecified atom stereocenters. The zero-order chi connectivity index (χ0) is 13.0. The van der Waals surface area contributed by atoms with Crippen LogP contribution in [0.25, 0.3) is 0 Å². The van der Waals surface area contributed by atoms with E-state index in [4.69, 9.17) is 5.84 Å². The highest BCUT2D eigenvalue weighted by Crippen LogP contribution is 2.14. The topological polar surface area (TPSA) is 70.3 Å². The van der Waals surface area contributed by atoms with E-state index in [1.807, 2.05) is 0 Å². The standard InChI is InChI=1S/C12H22N6/c1-10(2)9-17-3-5-18(6-4-17)12-8-14-7-11(15-12)16-13/h7-8,10H,3-6,9,13H2,1-2H3,(H,15,16). The Labute approximate surface area is 108 Å². The Hall–Kier alpha value is -1.40.